The average molecular weight is 230 g/mol. The summed E-state index contributed by atoms with van der Waals surface area (Å²) in [5, 5.41) is 14.6. The van der Waals surface area contributed by atoms with Gasteiger partial charge in [0, 0.05) is 11.1 Å². The van der Waals surface area contributed by atoms with Crippen LogP contribution < -0.4 is 0 Å². The van der Waals surface area contributed by atoms with Crippen molar-refractivity contribution in [2.24, 2.45) is 0 Å². The van der Waals surface area contributed by atoms with Gasteiger partial charge in [0.1, 0.15) is 0 Å². The minimum absolute atomic E-state index is 0.220. The highest BCUT2D eigenvalue weighted by molar-refractivity contribution is 5.64. The highest BCUT2D eigenvalue weighted by atomic mass is 16.3. The van der Waals surface area contributed by atoms with Gasteiger partial charge in [0.25, 0.3) is 0 Å². The molecule has 1 aromatic carbocycles. The van der Waals surface area contributed by atoms with Crippen LogP contribution in [0.2, 0.25) is 0 Å². The summed E-state index contributed by atoms with van der Waals surface area (Å²) in [6.07, 6.45) is 0. The largest absolute Gasteiger partial charge is 0.493 e. The Balaban J connectivity index is 2.59. The van der Waals surface area contributed by atoms with Gasteiger partial charge in [-0.3, -0.25) is 0 Å². The van der Waals surface area contributed by atoms with Crippen LogP contribution in [0.4, 0.5) is 0 Å². The smallest absolute Gasteiger partial charge is 0.213 e. The average Bonchev–Trinajstić information content (AvgIpc) is 2.57. The van der Waals surface area contributed by atoms with E-state index in [4.69, 9.17) is 0 Å². The van der Waals surface area contributed by atoms with Crippen molar-refractivity contribution in [1.82, 2.24) is 9.78 Å². The van der Waals surface area contributed by atoms with Crippen LogP contribution in [-0.2, 0) is 5.54 Å². The molecule has 0 saturated carbocycles. The summed E-state index contributed by atoms with van der Waals surface area (Å²) in [4.78, 5) is 0. The molecule has 0 atom stereocenters. The second kappa shape index (κ2) is 3.91. The van der Waals surface area contributed by atoms with Crippen LogP contribution in [-0.4, -0.2) is 14.9 Å². The molecular formula is C14H18N2O. The van der Waals surface area contributed by atoms with Crippen LogP contribution in [0.15, 0.2) is 30.3 Å². The zero-order chi connectivity index (χ0) is 12.6. The molecule has 0 saturated heterocycles. The Morgan fingerprint density at radius 3 is 2.18 bits per heavy atom. The maximum atomic E-state index is 10.1. The lowest BCUT2D eigenvalue weighted by Gasteiger charge is -2.19. The predicted octanol–water partition coefficient (Wildman–Crippen LogP) is 3.32. The van der Waals surface area contributed by atoms with E-state index >= 15 is 0 Å². The van der Waals surface area contributed by atoms with Gasteiger partial charge in [-0.25, -0.2) is 4.68 Å². The molecule has 17 heavy (non-hydrogen) atoms. The van der Waals surface area contributed by atoms with Crippen molar-refractivity contribution in [2.45, 2.75) is 33.2 Å². The lowest BCUT2D eigenvalue weighted by atomic mass is 10.1. The summed E-state index contributed by atoms with van der Waals surface area (Å²) in [6, 6.07) is 9.92. The predicted molar refractivity (Wildman–Crippen MR) is 69.1 cm³/mol. The third-order valence-corrected chi connectivity index (χ3v) is 2.77. The molecule has 0 unspecified atom stereocenters. The molecular weight excluding hydrogens is 212 g/mol. The molecule has 3 heteroatoms. The van der Waals surface area contributed by atoms with Crippen LogP contribution >= 0.6 is 0 Å². The highest BCUT2D eigenvalue weighted by Gasteiger charge is 2.22. The Kier molecular flexibility index (Phi) is 2.69. The normalized spacial score (nSPS) is 11.8. The summed E-state index contributed by atoms with van der Waals surface area (Å²) < 4.78 is 1.67. The van der Waals surface area contributed by atoms with Crippen molar-refractivity contribution in [2.75, 3.05) is 0 Å². The molecule has 0 aliphatic heterocycles. The maximum Gasteiger partial charge on any atom is 0.213 e. The monoisotopic (exact) mass is 230 g/mol. The molecule has 1 N–H and O–H groups in total. The quantitative estimate of drug-likeness (QED) is 0.816. The molecule has 0 spiro atoms. The highest BCUT2D eigenvalue weighted by Crippen LogP contribution is 2.32. The molecule has 0 aliphatic carbocycles. The molecule has 1 aromatic heterocycles. The van der Waals surface area contributed by atoms with Crippen LogP contribution in [0.5, 0.6) is 5.88 Å². The third kappa shape index (κ3) is 2.05. The molecule has 1 heterocycles. The molecule has 2 aromatic rings. The van der Waals surface area contributed by atoms with Gasteiger partial charge in [0.2, 0.25) is 5.88 Å². The summed E-state index contributed by atoms with van der Waals surface area (Å²) >= 11 is 0. The lowest BCUT2D eigenvalue weighted by molar-refractivity contribution is 0.294. The zero-order valence-corrected chi connectivity index (χ0v) is 10.7. The Morgan fingerprint density at radius 2 is 1.71 bits per heavy atom. The second-order valence-electron chi connectivity index (χ2n) is 5.25. The van der Waals surface area contributed by atoms with E-state index in [9.17, 15) is 5.11 Å². The number of aromatic hydroxyl groups is 1. The number of benzene rings is 1. The van der Waals surface area contributed by atoms with Crippen molar-refractivity contribution in [3.63, 3.8) is 0 Å². The Morgan fingerprint density at radius 1 is 1.12 bits per heavy atom. The fourth-order valence-corrected chi connectivity index (χ4v) is 1.83. The minimum Gasteiger partial charge on any atom is -0.493 e. The zero-order valence-electron chi connectivity index (χ0n) is 10.7. The summed E-state index contributed by atoms with van der Waals surface area (Å²) in [5.74, 6) is 0.247. The summed E-state index contributed by atoms with van der Waals surface area (Å²) in [5.41, 5.74) is 2.48. The number of hydrogen-bond donors (Lipinski definition) is 1. The lowest BCUT2D eigenvalue weighted by Crippen LogP contribution is -2.22. The molecule has 0 bridgehead atoms. The molecule has 2 rings (SSSR count). The summed E-state index contributed by atoms with van der Waals surface area (Å²) in [6.45, 7) is 7.96. The van der Waals surface area contributed by atoms with Crippen molar-refractivity contribution in [3.05, 3.63) is 35.9 Å². The number of aromatic nitrogens is 2. The van der Waals surface area contributed by atoms with Gasteiger partial charge in [0.15, 0.2) is 0 Å². The Labute approximate surface area is 102 Å². The van der Waals surface area contributed by atoms with Crippen LogP contribution in [0.3, 0.4) is 0 Å². The van der Waals surface area contributed by atoms with Crippen molar-refractivity contribution < 1.29 is 5.11 Å². The van der Waals surface area contributed by atoms with Gasteiger partial charge in [-0.05, 0) is 27.7 Å². The minimum atomic E-state index is -0.220. The molecule has 0 radical (unpaired) electrons. The van der Waals surface area contributed by atoms with Crippen molar-refractivity contribution in [3.8, 4) is 17.1 Å². The standard InChI is InChI=1S/C14H18N2O/c1-10-12(11-8-6-5-7-9-11)15-16(13(10)17)14(2,3)4/h5-9,17H,1-4H3. The van der Waals surface area contributed by atoms with E-state index in [1.807, 2.05) is 58.0 Å². The first kappa shape index (κ1) is 11.7. The van der Waals surface area contributed by atoms with Gasteiger partial charge in [-0.15, -0.1) is 0 Å². The topological polar surface area (TPSA) is 38.0 Å². The van der Waals surface area contributed by atoms with Crippen LogP contribution in [0, 0.1) is 6.92 Å². The first-order valence-electron chi connectivity index (χ1n) is 5.76. The number of nitrogens with zero attached hydrogens (tertiary/aromatic N) is 2. The second-order valence-corrected chi connectivity index (χ2v) is 5.25. The van der Waals surface area contributed by atoms with E-state index in [0.29, 0.717) is 0 Å². The number of hydrogen-bond acceptors (Lipinski definition) is 2. The maximum absolute atomic E-state index is 10.1. The van der Waals surface area contributed by atoms with E-state index < -0.39 is 0 Å². The first-order chi connectivity index (χ1) is 7.91. The summed E-state index contributed by atoms with van der Waals surface area (Å²) in [7, 11) is 0. The molecule has 0 fully saturated rings. The van der Waals surface area contributed by atoms with Gasteiger partial charge in [-0.1, -0.05) is 30.3 Å². The van der Waals surface area contributed by atoms with E-state index in [0.717, 1.165) is 16.8 Å². The SMILES string of the molecule is Cc1c(-c2ccccc2)nn(C(C)(C)C)c1O. The third-order valence-electron chi connectivity index (χ3n) is 2.77. The van der Waals surface area contributed by atoms with Gasteiger partial charge in [0.05, 0.1) is 11.2 Å². The molecule has 0 aliphatic rings. The Hall–Kier alpha value is -1.77. The molecule has 0 amide bonds. The van der Waals surface area contributed by atoms with Gasteiger partial charge < -0.3 is 5.11 Å². The molecule has 3 nitrogen and oxygen atoms in total. The van der Waals surface area contributed by atoms with E-state index in [1.165, 1.54) is 0 Å². The van der Waals surface area contributed by atoms with Gasteiger partial charge in [-0.2, -0.15) is 5.10 Å². The van der Waals surface area contributed by atoms with Crippen molar-refractivity contribution in [1.29, 1.82) is 0 Å². The van der Waals surface area contributed by atoms with E-state index in [-0.39, 0.29) is 11.4 Å². The van der Waals surface area contributed by atoms with Gasteiger partial charge >= 0.3 is 0 Å². The van der Waals surface area contributed by atoms with Crippen molar-refractivity contribution >= 4 is 0 Å². The van der Waals surface area contributed by atoms with E-state index in [2.05, 4.69) is 5.10 Å². The van der Waals surface area contributed by atoms with Crippen LogP contribution in [0.1, 0.15) is 26.3 Å². The van der Waals surface area contributed by atoms with Crippen LogP contribution in [0.25, 0.3) is 11.3 Å². The van der Waals surface area contributed by atoms with E-state index in [1.54, 1.807) is 4.68 Å². The molecule has 90 valence electrons. The Bertz CT molecular complexity index is 521. The fourth-order valence-electron chi connectivity index (χ4n) is 1.83. The fraction of sp³-hybridized carbons (Fsp3) is 0.357. The first-order valence-corrected chi connectivity index (χ1v) is 5.76. The number of rotatable bonds is 1.